The van der Waals surface area contributed by atoms with Crippen LogP contribution in [0.5, 0.6) is 17.2 Å². The molecule has 1 saturated heterocycles. The van der Waals surface area contributed by atoms with Crippen molar-refractivity contribution in [1.82, 2.24) is 0 Å². The summed E-state index contributed by atoms with van der Waals surface area (Å²) in [6.45, 7) is 16.9. The summed E-state index contributed by atoms with van der Waals surface area (Å²) in [5.74, 6) is -0.460. The van der Waals surface area contributed by atoms with E-state index in [0.29, 0.717) is 14.9 Å². The summed E-state index contributed by atoms with van der Waals surface area (Å²) >= 11 is 2.09. The second-order valence-corrected chi connectivity index (χ2v) is 21.2. The topological polar surface area (TPSA) is 102 Å². The molecular formula is C29H51IO9Si2. The van der Waals surface area contributed by atoms with Gasteiger partial charge in [0.2, 0.25) is 12.0 Å². The molecule has 5 atom stereocenters. The van der Waals surface area contributed by atoms with Crippen LogP contribution in [0.15, 0.2) is 0 Å². The van der Waals surface area contributed by atoms with Gasteiger partial charge in [-0.05, 0) is 78.3 Å². The quantitative estimate of drug-likeness (QED) is 0.140. The molecule has 2 rings (SSSR count). The number of hydrogen-bond donors (Lipinski definition) is 1. The summed E-state index contributed by atoms with van der Waals surface area (Å²) in [6, 6.07) is 5.85. The summed E-state index contributed by atoms with van der Waals surface area (Å²) in [6.07, 6.45) is -2.51. The Kier molecular flexibility index (Phi) is 13.9. The lowest BCUT2D eigenvalue weighted by atomic mass is 9.99. The molecule has 41 heavy (non-hydrogen) atoms. The van der Waals surface area contributed by atoms with Crippen LogP contribution in [0, 0.1) is 10.5 Å². The lowest BCUT2D eigenvalue weighted by Gasteiger charge is -2.49. The van der Waals surface area contributed by atoms with Crippen molar-refractivity contribution in [2.75, 3.05) is 21.3 Å². The van der Waals surface area contributed by atoms with Crippen LogP contribution in [0.2, 0.25) is 36.3 Å². The Labute approximate surface area is 262 Å². The first-order valence-electron chi connectivity index (χ1n) is 14.8. The zero-order chi connectivity index (χ0) is 31.1. The minimum absolute atomic E-state index is 0.0319. The largest absolute Gasteiger partial charge is 0.492 e. The van der Waals surface area contributed by atoms with Crippen LogP contribution in [0.25, 0.3) is 0 Å². The molecule has 0 amide bonds. The van der Waals surface area contributed by atoms with Crippen molar-refractivity contribution >= 4 is 45.2 Å². The Hall–Kier alpha value is -0.906. The third kappa shape index (κ3) is 7.43. The Balaban J connectivity index is 2.71. The van der Waals surface area contributed by atoms with Gasteiger partial charge in [-0.3, -0.25) is 0 Å². The van der Waals surface area contributed by atoms with Crippen molar-refractivity contribution in [2.45, 2.75) is 122 Å². The molecule has 1 aromatic rings. The fourth-order valence-electron chi connectivity index (χ4n) is 5.83. The molecule has 1 aromatic carbocycles. The van der Waals surface area contributed by atoms with Crippen molar-refractivity contribution in [1.29, 1.82) is 0 Å². The number of hydrogen-bond acceptors (Lipinski definition) is 8. The number of carboxylic acid groups (broad SMARTS) is 1. The molecule has 12 heteroatoms. The average molecular weight is 727 g/mol. The van der Waals surface area contributed by atoms with E-state index < -0.39 is 41.1 Å². The summed E-state index contributed by atoms with van der Waals surface area (Å²) < 4.78 is 45.4. The molecule has 1 N–H and O–H groups in total. The Morgan fingerprint density at radius 1 is 0.805 bits per heavy atom. The summed E-state index contributed by atoms with van der Waals surface area (Å²) in [7, 11) is 0.410. The van der Waals surface area contributed by atoms with Crippen molar-refractivity contribution < 1.29 is 42.4 Å². The number of carboxylic acids is 1. The summed E-state index contributed by atoms with van der Waals surface area (Å²) in [4.78, 5) is 12.1. The van der Waals surface area contributed by atoms with E-state index in [9.17, 15) is 9.90 Å². The molecule has 0 saturated carbocycles. The van der Waals surface area contributed by atoms with Gasteiger partial charge >= 0.3 is 5.97 Å². The van der Waals surface area contributed by atoms with Crippen LogP contribution >= 0.6 is 22.6 Å². The normalized spacial score (nSPS) is 23.4. The lowest BCUT2D eigenvalue weighted by Crippen LogP contribution is -2.65. The van der Waals surface area contributed by atoms with Crippen LogP contribution in [0.4, 0.5) is 0 Å². The van der Waals surface area contributed by atoms with E-state index in [2.05, 4.69) is 64.1 Å². The van der Waals surface area contributed by atoms with Crippen molar-refractivity contribution in [2.24, 2.45) is 0 Å². The third-order valence-corrected chi connectivity index (χ3v) is 19.6. The van der Waals surface area contributed by atoms with Gasteiger partial charge in [0, 0.05) is 7.11 Å². The molecule has 1 aliphatic rings. The first-order valence-corrected chi connectivity index (χ1v) is 20.9. The highest BCUT2D eigenvalue weighted by atomic mass is 127. The fraction of sp³-hybridized carbons (Fsp3) is 0.759. The molecule has 0 spiro atoms. The van der Waals surface area contributed by atoms with Crippen LogP contribution in [-0.4, -0.2) is 79.7 Å². The minimum Gasteiger partial charge on any atom is -0.492 e. The van der Waals surface area contributed by atoms with E-state index in [0.717, 1.165) is 36.3 Å². The minimum atomic E-state index is -2.16. The molecule has 1 fully saturated rings. The van der Waals surface area contributed by atoms with E-state index in [1.807, 2.05) is 6.92 Å². The van der Waals surface area contributed by atoms with E-state index in [4.69, 9.17) is 32.5 Å². The van der Waals surface area contributed by atoms with E-state index in [1.54, 1.807) is 14.0 Å². The highest BCUT2D eigenvalue weighted by molar-refractivity contribution is 14.1. The molecule has 0 unspecified atom stereocenters. The van der Waals surface area contributed by atoms with Crippen LogP contribution < -0.4 is 14.2 Å². The van der Waals surface area contributed by atoms with Gasteiger partial charge in [-0.1, -0.05) is 41.5 Å². The van der Waals surface area contributed by atoms with Gasteiger partial charge in [0.05, 0.1) is 30.0 Å². The molecule has 0 radical (unpaired) electrons. The second kappa shape index (κ2) is 15.7. The molecule has 1 aliphatic heterocycles. The number of benzene rings is 1. The van der Waals surface area contributed by atoms with Crippen molar-refractivity contribution in [3.05, 3.63) is 14.7 Å². The maximum Gasteiger partial charge on any atom is 0.339 e. The van der Waals surface area contributed by atoms with E-state index >= 15 is 0 Å². The highest BCUT2D eigenvalue weighted by Gasteiger charge is 2.52. The molecule has 0 aromatic heterocycles. The number of halogens is 1. The zero-order valence-electron chi connectivity index (χ0n) is 26.7. The lowest BCUT2D eigenvalue weighted by molar-refractivity contribution is -0.266. The zero-order valence-corrected chi connectivity index (χ0v) is 30.9. The number of aromatic carboxylic acids is 1. The number of methoxy groups -OCH3 is 3. The Morgan fingerprint density at radius 2 is 1.27 bits per heavy atom. The smallest absolute Gasteiger partial charge is 0.339 e. The first-order chi connectivity index (χ1) is 19.4. The van der Waals surface area contributed by atoms with Gasteiger partial charge in [0.15, 0.2) is 28.1 Å². The van der Waals surface area contributed by atoms with Gasteiger partial charge < -0.3 is 37.6 Å². The van der Waals surface area contributed by atoms with Gasteiger partial charge in [-0.25, -0.2) is 4.79 Å². The van der Waals surface area contributed by atoms with E-state index in [1.165, 1.54) is 14.2 Å². The second-order valence-electron chi connectivity index (χ2n) is 10.7. The Morgan fingerprint density at radius 3 is 1.66 bits per heavy atom. The highest BCUT2D eigenvalue weighted by Crippen LogP contribution is 2.47. The number of ether oxygens (including phenoxy) is 5. The molecule has 9 nitrogen and oxygen atoms in total. The predicted octanol–water partition coefficient (Wildman–Crippen LogP) is 7.23. The van der Waals surface area contributed by atoms with Gasteiger partial charge in [0.1, 0.15) is 17.8 Å². The summed E-state index contributed by atoms with van der Waals surface area (Å²) in [5.41, 5.74) is 0.546. The van der Waals surface area contributed by atoms with Crippen molar-refractivity contribution in [3.8, 4) is 17.2 Å². The fourth-order valence-corrected chi connectivity index (χ4v) is 12.2. The van der Waals surface area contributed by atoms with Crippen LogP contribution in [0.1, 0.15) is 64.4 Å². The standard InChI is InChI=1S/C29H51IO9Si2/c1-12-40(13-2,14-3)38-22-19(8)36-29(27(25(22)34-10)39-41(15-4,16-5)17-6)37-24-21(30)18(7)20(28(31)32)23(33-9)26(24)35-11/h19,22,25,27,29H,12-17H2,1-11H3,(H,31,32)/t19-,22-,25+,27+,29-/m0/s1. The van der Waals surface area contributed by atoms with Gasteiger partial charge in [-0.15, -0.1) is 0 Å². The molecule has 0 bridgehead atoms. The molecule has 236 valence electrons. The Bertz CT molecular complexity index is 1000. The molecule has 0 aliphatic carbocycles. The van der Waals surface area contributed by atoms with Gasteiger partial charge in [-0.2, -0.15) is 0 Å². The number of carbonyl (C=O) groups is 1. The first kappa shape index (κ1) is 36.3. The maximum atomic E-state index is 12.1. The van der Waals surface area contributed by atoms with E-state index in [-0.39, 0.29) is 29.3 Å². The van der Waals surface area contributed by atoms with Gasteiger partial charge in [0.25, 0.3) is 0 Å². The number of rotatable bonds is 16. The van der Waals surface area contributed by atoms with Crippen LogP contribution in [-0.2, 0) is 18.3 Å². The predicted molar refractivity (Wildman–Crippen MR) is 174 cm³/mol. The summed E-state index contributed by atoms with van der Waals surface area (Å²) in [5, 5.41) is 9.92. The molecular weight excluding hydrogens is 675 g/mol. The monoisotopic (exact) mass is 726 g/mol. The van der Waals surface area contributed by atoms with Crippen molar-refractivity contribution in [3.63, 3.8) is 0 Å². The SMILES string of the molecule is CC[Si](CC)(CC)O[C@@H]1[C@@H](OC)[C@@H](O[Si](CC)(CC)CC)[C@H](Oc2c(I)c(C)c(C(=O)O)c(OC)c2OC)O[C@H]1C. The maximum absolute atomic E-state index is 12.1. The third-order valence-electron chi connectivity index (χ3n) is 9.04. The molecule has 1 heterocycles. The average Bonchev–Trinajstić information content (AvgIpc) is 2.98. The van der Waals surface area contributed by atoms with Crippen LogP contribution in [0.3, 0.4) is 0 Å².